The maximum absolute atomic E-state index is 11.8. The van der Waals surface area contributed by atoms with Crippen LogP contribution in [0, 0.1) is 0 Å². The molecule has 2 N–H and O–H groups in total. The van der Waals surface area contributed by atoms with Crippen molar-refractivity contribution in [1.29, 1.82) is 0 Å². The minimum atomic E-state index is -0.0968. The van der Waals surface area contributed by atoms with Gasteiger partial charge in [-0.25, -0.2) is 0 Å². The van der Waals surface area contributed by atoms with Gasteiger partial charge in [0.05, 0.1) is 0 Å². The van der Waals surface area contributed by atoms with Crippen LogP contribution in [0.1, 0.15) is 10.5 Å². The topological polar surface area (TPSA) is 64.3 Å². The largest absolute Gasteiger partial charge is 0.369 e. The number of para-hydroxylation sites is 1. The molecule has 0 spiro atoms. The van der Waals surface area contributed by atoms with E-state index >= 15 is 0 Å². The molecule has 0 unspecified atom stereocenters. The predicted molar refractivity (Wildman–Crippen MR) is 86.0 cm³/mol. The zero-order chi connectivity index (χ0) is 15.2. The van der Waals surface area contributed by atoms with Crippen LogP contribution in [0.5, 0.6) is 0 Å². The van der Waals surface area contributed by atoms with Gasteiger partial charge < -0.3 is 10.2 Å². The van der Waals surface area contributed by atoms with Crippen molar-refractivity contribution in [1.82, 2.24) is 20.4 Å². The number of nitrogens with one attached hydrogen (secondary N) is 2. The van der Waals surface area contributed by atoms with Gasteiger partial charge in [-0.1, -0.05) is 18.2 Å². The molecule has 116 valence electrons. The maximum atomic E-state index is 11.8. The van der Waals surface area contributed by atoms with Gasteiger partial charge in [-0.2, -0.15) is 5.10 Å². The predicted octanol–water partition coefficient (Wildman–Crippen LogP) is 0.962. The van der Waals surface area contributed by atoms with Crippen molar-refractivity contribution in [3.05, 3.63) is 48.3 Å². The van der Waals surface area contributed by atoms with Crippen molar-refractivity contribution in [2.75, 3.05) is 44.2 Å². The van der Waals surface area contributed by atoms with E-state index in [-0.39, 0.29) is 5.91 Å². The molecule has 0 bridgehead atoms. The SMILES string of the molecule is O=C(NCCN1CCN(c2ccccc2)CC1)c1ccn[nH]1. The average Bonchev–Trinajstić information content (AvgIpc) is 3.11. The Labute approximate surface area is 130 Å². The number of benzene rings is 1. The summed E-state index contributed by atoms with van der Waals surface area (Å²) in [5, 5.41) is 9.35. The van der Waals surface area contributed by atoms with Gasteiger partial charge in [0.15, 0.2) is 0 Å². The van der Waals surface area contributed by atoms with Crippen LogP contribution in [0.2, 0.25) is 0 Å². The number of carbonyl (C=O) groups is 1. The quantitative estimate of drug-likeness (QED) is 0.863. The van der Waals surface area contributed by atoms with Crippen LogP contribution in [-0.4, -0.2) is 60.3 Å². The Bertz CT molecular complexity index is 576. The summed E-state index contributed by atoms with van der Waals surface area (Å²) in [6.07, 6.45) is 1.58. The molecule has 0 saturated carbocycles. The van der Waals surface area contributed by atoms with Crippen molar-refractivity contribution in [2.24, 2.45) is 0 Å². The third-order valence-electron chi connectivity index (χ3n) is 3.95. The Kier molecular flexibility index (Phi) is 4.70. The molecule has 1 aromatic carbocycles. The zero-order valence-corrected chi connectivity index (χ0v) is 12.5. The number of hydrogen-bond acceptors (Lipinski definition) is 4. The first kappa shape index (κ1) is 14.6. The van der Waals surface area contributed by atoms with E-state index < -0.39 is 0 Å². The number of aromatic amines is 1. The highest BCUT2D eigenvalue weighted by Gasteiger charge is 2.16. The Morgan fingerprint density at radius 2 is 1.91 bits per heavy atom. The number of piperazine rings is 1. The summed E-state index contributed by atoms with van der Waals surface area (Å²) in [4.78, 5) is 16.6. The van der Waals surface area contributed by atoms with Crippen molar-refractivity contribution in [3.8, 4) is 0 Å². The van der Waals surface area contributed by atoms with Crippen molar-refractivity contribution >= 4 is 11.6 Å². The first-order valence-electron chi connectivity index (χ1n) is 7.63. The van der Waals surface area contributed by atoms with Gasteiger partial charge >= 0.3 is 0 Å². The molecule has 3 rings (SSSR count). The van der Waals surface area contributed by atoms with E-state index in [1.165, 1.54) is 5.69 Å². The monoisotopic (exact) mass is 299 g/mol. The summed E-state index contributed by atoms with van der Waals surface area (Å²) < 4.78 is 0. The fourth-order valence-electron chi connectivity index (χ4n) is 2.67. The van der Waals surface area contributed by atoms with Gasteiger partial charge in [-0.3, -0.25) is 14.8 Å². The van der Waals surface area contributed by atoms with Gasteiger partial charge in [-0.05, 0) is 18.2 Å². The second-order valence-electron chi connectivity index (χ2n) is 5.39. The Morgan fingerprint density at radius 1 is 1.14 bits per heavy atom. The molecule has 22 heavy (non-hydrogen) atoms. The van der Waals surface area contributed by atoms with Crippen molar-refractivity contribution < 1.29 is 4.79 Å². The first-order chi connectivity index (χ1) is 10.8. The summed E-state index contributed by atoms with van der Waals surface area (Å²) >= 11 is 0. The summed E-state index contributed by atoms with van der Waals surface area (Å²) in [7, 11) is 0. The summed E-state index contributed by atoms with van der Waals surface area (Å²) in [5.74, 6) is -0.0968. The van der Waals surface area contributed by atoms with Crippen LogP contribution in [0.15, 0.2) is 42.6 Å². The first-order valence-corrected chi connectivity index (χ1v) is 7.63. The lowest BCUT2D eigenvalue weighted by Gasteiger charge is -2.36. The second-order valence-corrected chi connectivity index (χ2v) is 5.39. The molecule has 0 aliphatic carbocycles. The normalized spacial score (nSPS) is 15.7. The Hall–Kier alpha value is -2.34. The molecule has 1 amide bonds. The summed E-state index contributed by atoms with van der Waals surface area (Å²) in [5.41, 5.74) is 1.79. The molecule has 1 aliphatic rings. The van der Waals surface area contributed by atoms with Gasteiger partial charge in [0, 0.05) is 51.2 Å². The minimum Gasteiger partial charge on any atom is -0.369 e. The molecule has 1 aromatic heterocycles. The molecule has 1 saturated heterocycles. The molecule has 2 aromatic rings. The van der Waals surface area contributed by atoms with Crippen LogP contribution >= 0.6 is 0 Å². The molecule has 2 heterocycles. The molecule has 1 fully saturated rings. The number of anilines is 1. The summed E-state index contributed by atoms with van der Waals surface area (Å²) in [6, 6.07) is 12.2. The fourth-order valence-corrected chi connectivity index (χ4v) is 2.67. The van der Waals surface area contributed by atoms with E-state index in [2.05, 4.69) is 49.6 Å². The van der Waals surface area contributed by atoms with E-state index in [0.717, 1.165) is 32.7 Å². The Morgan fingerprint density at radius 3 is 2.59 bits per heavy atom. The standard InChI is InChI=1S/C16H21N5O/c22-16(15-6-7-18-19-15)17-8-9-20-10-12-21(13-11-20)14-4-2-1-3-5-14/h1-7H,8-13H2,(H,17,22)(H,18,19). The van der Waals surface area contributed by atoms with Gasteiger partial charge in [0.1, 0.15) is 5.69 Å². The Balaban J connectivity index is 1.38. The van der Waals surface area contributed by atoms with Gasteiger partial charge in [-0.15, -0.1) is 0 Å². The van der Waals surface area contributed by atoms with E-state index in [9.17, 15) is 4.79 Å². The highest BCUT2D eigenvalue weighted by molar-refractivity contribution is 5.92. The van der Waals surface area contributed by atoms with Gasteiger partial charge in [0.2, 0.25) is 0 Å². The van der Waals surface area contributed by atoms with Crippen LogP contribution < -0.4 is 10.2 Å². The number of aromatic nitrogens is 2. The van der Waals surface area contributed by atoms with Crippen LogP contribution in [0.4, 0.5) is 5.69 Å². The number of hydrogen-bond donors (Lipinski definition) is 2. The molecule has 0 radical (unpaired) electrons. The number of carbonyl (C=O) groups excluding carboxylic acids is 1. The van der Waals surface area contributed by atoms with Crippen LogP contribution in [-0.2, 0) is 0 Å². The molecule has 0 atom stereocenters. The number of amides is 1. The van der Waals surface area contributed by atoms with Crippen molar-refractivity contribution in [2.45, 2.75) is 0 Å². The lowest BCUT2D eigenvalue weighted by atomic mass is 10.2. The number of H-pyrrole nitrogens is 1. The molecule has 6 heteroatoms. The van der Waals surface area contributed by atoms with Crippen molar-refractivity contribution in [3.63, 3.8) is 0 Å². The van der Waals surface area contributed by atoms with E-state index in [1.807, 2.05) is 6.07 Å². The molecular weight excluding hydrogens is 278 g/mol. The summed E-state index contributed by atoms with van der Waals surface area (Å²) in [6.45, 7) is 5.63. The smallest absolute Gasteiger partial charge is 0.269 e. The fraction of sp³-hybridized carbons (Fsp3) is 0.375. The average molecular weight is 299 g/mol. The maximum Gasteiger partial charge on any atom is 0.269 e. The third-order valence-corrected chi connectivity index (χ3v) is 3.95. The third kappa shape index (κ3) is 3.65. The van der Waals surface area contributed by atoms with E-state index in [1.54, 1.807) is 12.3 Å². The number of rotatable bonds is 5. The zero-order valence-electron chi connectivity index (χ0n) is 12.5. The highest BCUT2D eigenvalue weighted by atomic mass is 16.1. The molecule has 1 aliphatic heterocycles. The molecule has 6 nitrogen and oxygen atoms in total. The van der Waals surface area contributed by atoms with Crippen LogP contribution in [0.3, 0.4) is 0 Å². The highest BCUT2D eigenvalue weighted by Crippen LogP contribution is 2.15. The lowest BCUT2D eigenvalue weighted by molar-refractivity contribution is 0.0943. The van der Waals surface area contributed by atoms with E-state index in [0.29, 0.717) is 12.2 Å². The lowest BCUT2D eigenvalue weighted by Crippen LogP contribution is -2.48. The second kappa shape index (κ2) is 7.09. The number of nitrogens with zero attached hydrogens (tertiary/aromatic N) is 3. The molecular formula is C16H21N5O. The van der Waals surface area contributed by atoms with Gasteiger partial charge in [0.25, 0.3) is 5.91 Å². The van der Waals surface area contributed by atoms with E-state index in [4.69, 9.17) is 0 Å². The minimum absolute atomic E-state index is 0.0968. The van der Waals surface area contributed by atoms with Crippen LogP contribution in [0.25, 0.3) is 0 Å².